The van der Waals surface area contributed by atoms with Crippen molar-refractivity contribution in [1.29, 1.82) is 0 Å². The van der Waals surface area contributed by atoms with E-state index in [-0.39, 0.29) is 4.83 Å². The van der Waals surface area contributed by atoms with Crippen LogP contribution in [-0.2, 0) is 4.79 Å². The van der Waals surface area contributed by atoms with Crippen LogP contribution in [0.5, 0.6) is 0 Å². The van der Waals surface area contributed by atoms with Gasteiger partial charge in [-0.2, -0.15) is 13.2 Å². The summed E-state index contributed by atoms with van der Waals surface area (Å²) < 4.78 is 35.6. The average Bonchev–Trinajstić information content (AvgIpc) is 2.24. The van der Waals surface area contributed by atoms with Crippen molar-refractivity contribution in [3.63, 3.8) is 0 Å². The number of amides is 1. The van der Waals surface area contributed by atoms with Crippen molar-refractivity contribution >= 4 is 21.8 Å². The molecule has 0 radical (unpaired) electrons. The first kappa shape index (κ1) is 16.7. The molecule has 0 saturated carbocycles. The molecule has 0 aromatic heterocycles. The van der Waals surface area contributed by atoms with E-state index in [9.17, 15) is 18.0 Å². The lowest BCUT2D eigenvalue weighted by Crippen LogP contribution is -2.33. The number of alkyl halides is 4. The maximum absolute atomic E-state index is 11.9. The molecule has 1 N–H and O–H groups in total. The summed E-state index contributed by atoms with van der Waals surface area (Å²) in [5.41, 5.74) is 0. The molecular formula is C11H19BrF3NO. The third kappa shape index (κ3) is 8.46. The summed E-state index contributed by atoms with van der Waals surface area (Å²) in [6.45, 7) is 4.48. The van der Waals surface area contributed by atoms with Crippen LogP contribution in [0, 0.1) is 5.92 Å². The molecule has 6 heteroatoms. The normalized spacial score (nSPS) is 13.8. The first-order chi connectivity index (χ1) is 7.80. The highest BCUT2D eigenvalue weighted by molar-refractivity contribution is 9.09. The summed E-state index contributed by atoms with van der Waals surface area (Å²) in [6, 6.07) is 0. The van der Waals surface area contributed by atoms with Crippen molar-refractivity contribution < 1.29 is 18.0 Å². The van der Waals surface area contributed by atoms with E-state index in [0.717, 1.165) is 12.8 Å². The molecule has 1 amide bonds. The summed E-state index contributed by atoms with van der Waals surface area (Å²) in [7, 11) is 0. The highest BCUT2D eigenvalue weighted by atomic mass is 79.9. The van der Waals surface area contributed by atoms with Gasteiger partial charge in [0, 0.05) is 17.8 Å². The van der Waals surface area contributed by atoms with Crippen LogP contribution in [0.2, 0.25) is 0 Å². The number of nitrogens with one attached hydrogen (secondary N) is 1. The van der Waals surface area contributed by atoms with Gasteiger partial charge in [-0.25, -0.2) is 0 Å². The van der Waals surface area contributed by atoms with Crippen LogP contribution < -0.4 is 5.32 Å². The third-order valence-corrected chi connectivity index (χ3v) is 3.76. The van der Waals surface area contributed by atoms with Gasteiger partial charge in [0.05, 0.1) is 6.42 Å². The molecule has 0 saturated heterocycles. The van der Waals surface area contributed by atoms with Crippen molar-refractivity contribution in [1.82, 2.24) is 5.32 Å². The van der Waals surface area contributed by atoms with E-state index in [1.807, 2.05) is 13.8 Å². The zero-order valence-electron chi connectivity index (χ0n) is 10.1. The van der Waals surface area contributed by atoms with Gasteiger partial charge >= 0.3 is 6.18 Å². The third-order valence-electron chi connectivity index (χ3n) is 2.69. The maximum atomic E-state index is 11.9. The van der Waals surface area contributed by atoms with Crippen LogP contribution in [0.25, 0.3) is 0 Å². The first-order valence-corrected chi connectivity index (χ1v) is 6.69. The number of hydrogen-bond acceptors (Lipinski definition) is 1. The second kappa shape index (κ2) is 7.95. The van der Waals surface area contributed by atoms with Gasteiger partial charge in [0.15, 0.2) is 0 Å². The molecule has 0 aliphatic heterocycles. The number of hydrogen-bond donors (Lipinski definition) is 1. The zero-order chi connectivity index (χ0) is 13.5. The minimum Gasteiger partial charge on any atom is -0.355 e. The van der Waals surface area contributed by atoms with Gasteiger partial charge < -0.3 is 5.32 Å². The molecule has 2 nitrogen and oxygen atoms in total. The zero-order valence-corrected chi connectivity index (χ0v) is 11.7. The van der Waals surface area contributed by atoms with Crippen LogP contribution >= 0.6 is 15.9 Å². The molecule has 0 aromatic rings. The van der Waals surface area contributed by atoms with Gasteiger partial charge in [-0.3, -0.25) is 4.79 Å². The van der Waals surface area contributed by atoms with E-state index in [2.05, 4.69) is 21.2 Å². The van der Waals surface area contributed by atoms with E-state index in [1.54, 1.807) is 0 Å². The Kier molecular flexibility index (Phi) is 7.83. The number of carbonyl (C=O) groups is 1. The Morgan fingerprint density at radius 2 is 1.82 bits per heavy atom. The molecule has 0 rings (SSSR count). The van der Waals surface area contributed by atoms with Gasteiger partial charge in [-0.15, -0.1) is 0 Å². The molecule has 102 valence electrons. The largest absolute Gasteiger partial charge is 0.389 e. The smallest absolute Gasteiger partial charge is 0.355 e. The predicted octanol–water partition coefficient (Wildman–Crippen LogP) is 3.64. The quantitative estimate of drug-likeness (QED) is 0.713. The second-order valence-electron chi connectivity index (χ2n) is 4.01. The van der Waals surface area contributed by atoms with Crippen molar-refractivity contribution in [3.05, 3.63) is 0 Å². The number of halogens is 4. The van der Waals surface area contributed by atoms with Crippen molar-refractivity contribution in [2.75, 3.05) is 6.54 Å². The molecule has 0 aliphatic rings. The standard InChI is InChI=1S/C11H19BrF3NO/c1-3-8(4-2)9(12)7-16-10(17)5-6-11(13,14)15/h8-9H,3-7H2,1-2H3,(H,16,17). The highest BCUT2D eigenvalue weighted by Crippen LogP contribution is 2.21. The van der Waals surface area contributed by atoms with Crippen LogP contribution in [0.1, 0.15) is 39.5 Å². The Hall–Kier alpha value is -0.260. The summed E-state index contributed by atoms with van der Waals surface area (Å²) >= 11 is 3.45. The summed E-state index contributed by atoms with van der Waals surface area (Å²) in [5.74, 6) is -0.115. The first-order valence-electron chi connectivity index (χ1n) is 5.77. The van der Waals surface area contributed by atoms with Crippen LogP contribution in [0.3, 0.4) is 0 Å². The predicted molar refractivity (Wildman–Crippen MR) is 65.1 cm³/mol. The van der Waals surface area contributed by atoms with Gasteiger partial charge in [0.1, 0.15) is 0 Å². The molecule has 0 heterocycles. The molecule has 1 atom stereocenters. The number of rotatable bonds is 7. The fourth-order valence-electron chi connectivity index (χ4n) is 1.52. The van der Waals surface area contributed by atoms with Crippen LogP contribution in [0.4, 0.5) is 13.2 Å². The minimum atomic E-state index is -4.26. The van der Waals surface area contributed by atoms with Crippen molar-refractivity contribution in [2.24, 2.45) is 5.92 Å². The fraction of sp³-hybridized carbons (Fsp3) is 0.909. The van der Waals surface area contributed by atoms with Crippen LogP contribution in [0.15, 0.2) is 0 Å². The van der Waals surface area contributed by atoms with Crippen molar-refractivity contribution in [3.8, 4) is 0 Å². The monoisotopic (exact) mass is 317 g/mol. The molecule has 0 aromatic carbocycles. The Morgan fingerprint density at radius 3 is 2.24 bits per heavy atom. The SMILES string of the molecule is CCC(CC)C(Br)CNC(=O)CCC(F)(F)F. The van der Waals surface area contributed by atoms with Gasteiger partial charge in [-0.05, 0) is 5.92 Å². The fourth-order valence-corrected chi connectivity index (χ4v) is 2.43. The minimum absolute atomic E-state index is 0.118. The van der Waals surface area contributed by atoms with Crippen LogP contribution in [-0.4, -0.2) is 23.5 Å². The Morgan fingerprint density at radius 1 is 1.29 bits per heavy atom. The van der Waals surface area contributed by atoms with Gasteiger partial charge in [-0.1, -0.05) is 42.6 Å². The highest BCUT2D eigenvalue weighted by Gasteiger charge is 2.28. The van der Waals surface area contributed by atoms with E-state index in [0.29, 0.717) is 12.5 Å². The van der Waals surface area contributed by atoms with E-state index >= 15 is 0 Å². The van der Waals surface area contributed by atoms with Gasteiger partial charge in [0.25, 0.3) is 0 Å². The Balaban J connectivity index is 3.84. The lowest BCUT2D eigenvalue weighted by molar-refractivity contribution is -0.144. The second-order valence-corrected chi connectivity index (χ2v) is 5.19. The summed E-state index contributed by atoms with van der Waals surface area (Å²) in [4.78, 5) is 11.3. The summed E-state index contributed by atoms with van der Waals surface area (Å²) in [5, 5.41) is 2.52. The lowest BCUT2D eigenvalue weighted by atomic mass is 9.99. The molecule has 0 spiro atoms. The lowest BCUT2D eigenvalue weighted by Gasteiger charge is -2.19. The Bertz CT molecular complexity index is 229. The average molecular weight is 318 g/mol. The Labute approximate surface area is 108 Å². The van der Waals surface area contributed by atoms with E-state index in [1.165, 1.54) is 0 Å². The van der Waals surface area contributed by atoms with E-state index < -0.39 is 24.9 Å². The summed E-state index contributed by atoms with van der Waals surface area (Å²) in [6.07, 6.45) is -3.86. The molecule has 0 aliphatic carbocycles. The molecule has 17 heavy (non-hydrogen) atoms. The van der Waals surface area contributed by atoms with Crippen molar-refractivity contribution in [2.45, 2.75) is 50.5 Å². The maximum Gasteiger partial charge on any atom is 0.389 e. The van der Waals surface area contributed by atoms with Gasteiger partial charge in [0.2, 0.25) is 5.91 Å². The molecule has 0 fully saturated rings. The molecule has 0 bridgehead atoms. The number of carbonyl (C=O) groups excluding carboxylic acids is 1. The topological polar surface area (TPSA) is 29.1 Å². The molecule has 1 unspecified atom stereocenters. The van der Waals surface area contributed by atoms with E-state index in [4.69, 9.17) is 0 Å². The molecular weight excluding hydrogens is 299 g/mol.